The Morgan fingerprint density at radius 2 is 1.83 bits per heavy atom. The van der Waals surface area contributed by atoms with E-state index in [4.69, 9.17) is 4.74 Å². The van der Waals surface area contributed by atoms with Crippen molar-refractivity contribution < 1.29 is 22.7 Å². The van der Waals surface area contributed by atoms with Gasteiger partial charge in [0.25, 0.3) is 5.91 Å². The first-order valence-corrected chi connectivity index (χ1v) is 11.2. The number of rotatable bonds is 7. The quantitative estimate of drug-likeness (QED) is 0.684. The molecule has 8 heteroatoms. The number of fused-ring (bicyclic) bond motifs is 1. The van der Waals surface area contributed by atoms with Gasteiger partial charge in [0.15, 0.2) is 6.10 Å². The first-order valence-electron chi connectivity index (χ1n) is 9.67. The minimum absolute atomic E-state index is 0.331. The molecular formula is C22H24N2O5S. The number of aryl methyl sites for hydroxylation is 1. The molecule has 2 aromatic rings. The van der Waals surface area contributed by atoms with Crippen LogP contribution < -0.4 is 9.62 Å². The number of benzene rings is 2. The van der Waals surface area contributed by atoms with Gasteiger partial charge in [0, 0.05) is 17.6 Å². The lowest BCUT2D eigenvalue weighted by molar-refractivity contribution is -0.152. The molecule has 1 atom stereocenters. The summed E-state index contributed by atoms with van der Waals surface area (Å²) in [6.45, 7) is 1.48. The topological polar surface area (TPSA) is 92.8 Å². The van der Waals surface area contributed by atoms with E-state index in [1.165, 1.54) is 13.0 Å². The van der Waals surface area contributed by atoms with Crippen molar-refractivity contribution in [2.75, 3.05) is 18.0 Å². The van der Waals surface area contributed by atoms with Crippen LogP contribution in [0.2, 0.25) is 0 Å². The SMILES string of the molecule is CC(OC(=O)CNS(=O)(=O)C=Cc1ccccc1)C(=O)N1CCCc2ccccc21. The lowest BCUT2D eigenvalue weighted by Crippen LogP contribution is -2.43. The maximum atomic E-state index is 12.8. The van der Waals surface area contributed by atoms with Crippen LogP contribution in [-0.2, 0) is 30.8 Å². The minimum atomic E-state index is -3.82. The molecule has 1 heterocycles. The van der Waals surface area contributed by atoms with Gasteiger partial charge >= 0.3 is 5.97 Å². The molecule has 0 saturated carbocycles. The molecule has 0 saturated heterocycles. The van der Waals surface area contributed by atoms with E-state index in [2.05, 4.69) is 4.72 Å². The van der Waals surface area contributed by atoms with Crippen molar-refractivity contribution in [2.24, 2.45) is 0 Å². The molecule has 30 heavy (non-hydrogen) atoms. The zero-order valence-corrected chi connectivity index (χ0v) is 17.5. The second kappa shape index (κ2) is 9.69. The summed E-state index contributed by atoms with van der Waals surface area (Å²) in [5.41, 5.74) is 2.61. The zero-order valence-electron chi connectivity index (χ0n) is 16.7. The number of hydrogen-bond acceptors (Lipinski definition) is 5. The Labute approximate surface area is 176 Å². The summed E-state index contributed by atoms with van der Waals surface area (Å²) in [4.78, 5) is 26.4. The Morgan fingerprint density at radius 1 is 1.13 bits per heavy atom. The van der Waals surface area contributed by atoms with Crippen LogP contribution in [0, 0.1) is 0 Å². The summed E-state index contributed by atoms with van der Waals surface area (Å²) < 4.78 is 31.4. The monoisotopic (exact) mass is 428 g/mol. The van der Waals surface area contributed by atoms with E-state index in [1.807, 2.05) is 30.3 Å². The fourth-order valence-electron chi connectivity index (χ4n) is 3.21. The number of hydrogen-bond donors (Lipinski definition) is 1. The van der Waals surface area contributed by atoms with Crippen LogP contribution in [0.1, 0.15) is 24.5 Å². The van der Waals surface area contributed by atoms with E-state index >= 15 is 0 Å². The fraction of sp³-hybridized carbons (Fsp3) is 0.273. The van der Waals surface area contributed by atoms with Crippen molar-refractivity contribution in [2.45, 2.75) is 25.9 Å². The zero-order chi connectivity index (χ0) is 21.6. The predicted octanol–water partition coefficient (Wildman–Crippen LogP) is 2.49. The lowest BCUT2D eigenvalue weighted by atomic mass is 10.0. The number of anilines is 1. The third kappa shape index (κ3) is 5.77. The number of ether oxygens (including phenoxy) is 1. The van der Waals surface area contributed by atoms with E-state index in [9.17, 15) is 18.0 Å². The number of para-hydroxylation sites is 1. The van der Waals surface area contributed by atoms with Crippen molar-refractivity contribution in [3.05, 3.63) is 71.1 Å². The highest BCUT2D eigenvalue weighted by molar-refractivity contribution is 7.92. The Hall–Kier alpha value is -2.97. The maximum Gasteiger partial charge on any atom is 0.321 e. The number of esters is 1. The van der Waals surface area contributed by atoms with Crippen LogP contribution in [0.15, 0.2) is 60.0 Å². The first-order chi connectivity index (χ1) is 14.4. The molecule has 1 aliphatic heterocycles. The normalized spacial score (nSPS) is 14.9. The van der Waals surface area contributed by atoms with Crippen LogP contribution in [0.4, 0.5) is 5.69 Å². The average Bonchev–Trinajstić information content (AvgIpc) is 2.76. The summed E-state index contributed by atoms with van der Waals surface area (Å²) >= 11 is 0. The van der Waals surface area contributed by atoms with Gasteiger partial charge in [-0.3, -0.25) is 9.59 Å². The molecule has 0 bridgehead atoms. The van der Waals surface area contributed by atoms with Gasteiger partial charge in [-0.05, 0) is 43.0 Å². The highest BCUT2D eigenvalue weighted by Gasteiger charge is 2.28. The van der Waals surface area contributed by atoms with Crippen LogP contribution in [-0.4, -0.2) is 39.5 Å². The predicted molar refractivity (Wildman–Crippen MR) is 115 cm³/mol. The molecule has 1 N–H and O–H groups in total. The summed E-state index contributed by atoms with van der Waals surface area (Å²) in [6.07, 6.45) is 2.13. The molecule has 2 aromatic carbocycles. The van der Waals surface area contributed by atoms with Gasteiger partial charge < -0.3 is 9.64 Å². The van der Waals surface area contributed by atoms with E-state index in [-0.39, 0.29) is 5.91 Å². The number of amides is 1. The molecule has 0 spiro atoms. The Kier molecular flexibility index (Phi) is 7.02. The lowest BCUT2D eigenvalue weighted by Gasteiger charge is -2.31. The van der Waals surface area contributed by atoms with Crippen LogP contribution in [0.3, 0.4) is 0 Å². The van der Waals surface area contributed by atoms with Crippen molar-refractivity contribution in [1.82, 2.24) is 4.72 Å². The largest absolute Gasteiger partial charge is 0.452 e. The number of carbonyl (C=O) groups is 2. The third-order valence-electron chi connectivity index (χ3n) is 4.69. The van der Waals surface area contributed by atoms with Gasteiger partial charge in [0.2, 0.25) is 10.0 Å². The summed E-state index contributed by atoms with van der Waals surface area (Å²) in [6, 6.07) is 16.5. The molecule has 1 unspecified atom stereocenters. The van der Waals surface area contributed by atoms with Gasteiger partial charge in [-0.2, -0.15) is 0 Å². The van der Waals surface area contributed by atoms with E-state index in [0.717, 1.165) is 29.5 Å². The van der Waals surface area contributed by atoms with Crippen LogP contribution in [0.25, 0.3) is 6.08 Å². The summed E-state index contributed by atoms with van der Waals surface area (Å²) in [5.74, 6) is -1.15. The molecule has 3 rings (SSSR count). The molecule has 158 valence electrons. The van der Waals surface area contributed by atoms with E-state index in [0.29, 0.717) is 12.1 Å². The van der Waals surface area contributed by atoms with Gasteiger partial charge in [-0.25, -0.2) is 13.1 Å². The van der Waals surface area contributed by atoms with Crippen molar-refractivity contribution >= 4 is 33.7 Å². The van der Waals surface area contributed by atoms with Crippen molar-refractivity contribution in [1.29, 1.82) is 0 Å². The summed E-state index contributed by atoms with van der Waals surface area (Å²) in [7, 11) is -3.82. The van der Waals surface area contributed by atoms with Gasteiger partial charge in [0.1, 0.15) is 6.54 Å². The van der Waals surface area contributed by atoms with Gasteiger partial charge in [-0.15, -0.1) is 0 Å². The standard InChI is InChI=1S/C22H24N2O5S/c1-17(22(26)24-14-7-11-19-10-5-6-12-20(19)24)29-21(25)16-23-30(27,28)15-13-18-8-3-2-4-9-18/h2-6,8-10,12-13,15,17,23H,7,11,14,16H2,1H3. The average molecular weight is 429 g/mol. The highest BCUT2D eigenvalue weighted by Crippen LogP contribution is 2.27. The van der Waals surface area contributed by atoms with E-state index in [1.54, 1.807) is 29.2 Å². The number of nitrogens with one attached hydrogen (secondary N) is 1. The second-order valence-corrected chi connectivity index (χ2v) is 8.58. The van der Waals surface area contributed by atoms with Gasteiger partial charge in [0.05, 0.1) is 0 Å². The number of sulfonamides is 1. The molecule has 1 aliphatic rings. The molecule has 0 aliphatic carbocycles. The molecular weight excluding hydrogens is 404 g/mol. The van der Waals surface area contributed by atoms with E-state index < -0.39 is 28.6 Å². The Balaban J connectivity index is 1.53. The minimum Gasteiger partial charge on any atom is -0.452 e. The highest BCUT2D eigenvalue weighted by atomic mass is 32.2. The fourth-order valence-corrected chi connectivity index (χ4v) is 3.96. The number of carbonyl (C=O) groups excluding carboxylic acids is 2. The van der Waals surface area contributed by atoms with Gasteiger partial charge in [-0.1, -0.05) is 48.5 Å². The number of nitrogens with zero attached hydrogens (tertiary/aromatic N) is 1. The first kappa shape index (κ1) is 21.7. The summed E-state index contributed by atoms with van der Waals surface area (Å²) in [5, 5.41) is 0.981. The molecule has 0 radical (unpaired) electrons. The molecule has 0 fully saturated rings. The second-order valence-electron chi connectivity index (χ2n) is 6.93. The third-order valence-corrected chi connectivity index (χ3v) is 5.73. The molecule has 7 nitrogen and oxygen atoms in total. The van der Waals surface area contributed by atoms with Crippen molar-refractivity contribution in [3.8, 4) is 0 Å². The molecule has 1 amide bonds. The van der Waals surface area contributed by atoms with Crippen LogP contribution in [0.5, 0.6) is 0 Å². The molecule has 0 aromatic heterocycles. The smallest absolute Gasteiger partial charge is 0.321 e. The Bertz CT molecular complexity index is 1030. The maximum absolute atomic E-state index is 12.8. The van der Waals surface area contributed by atoms with Crippen molar-refractivity contribution in [3.63, 3.8) is 0 Å². The van der Waals surface area contributed by atoms with Crippen LogP contribution >= 0.6 is 0 Å². The Morgan fingerprint density at radius 3 is 2.60 bits per heavy atom.